The molecule has 0 unspecified atom stereocenters. The summed E-state index contributed by atoms with van der Waals surface area (Å²) < 4.78 is 13.0. The number of hydrogen-bond acceptors (Lipinski definition) is 2. The van der Waals surface area contributed by atoms with Crippen LogP contribution in [0.2, 0.25) is 10.3 Å². The second kappa shape index (κ2) is 3.56. The lowest BCUT2D eigenvalue weighted by molar-refractivity contribution is 0.609. The van der Waals surface area contributed by atoms with E-state index >= 15 is 0 Å². The Morgan fingerprint density at radius 2 is 2.00 bits per heavy atom. The standard InChI is InChI=1S/C7H7Cl2FN2/c1-3-4(2-11)6(8)12-7(9)5(3)10/h2,11H2,1H3. The quantitative estimate of drug-likeness (QED) is 0.720. The second-order valence-corrected chi connectivity index (χ2v) is 3.03. The van der Waals surface area contributed by atoms with Gasteiger partial charge < -0.3 is 5.73 Å². The van der Waals surface area contributed by atoms with Gasteiger partial charge in [0.25, 0.3) is 0 Å². The Hall–Kier alpha value is -0.380. The van der Waals surface area contributed by atoms with Gasteiger partial charge >= 0.3 is 0 Å². The molecule has 0 amide bonds. The summed E-state index contributed by atoms with van der Waals surface area (Å²) in [6.45, 7) is 1.72. The number of hydrogen-bond donors (Lipinski definition) is 1. The maximum absolute atomic E-state index is 13.0. The van der Waals surface area contributed by atoms with E-state index in [-0.39, 0.29) is 16.9 Å². The Morgan fingerprint density at radius 3 is 2.50 bits per heavy atom. The smallest absolute Gasteiger partial charge is 0.166 e. The fourth-order valence-electron chi connectivity index (χ4n) is 0.882. The molecule has 2 N–H and O–H groups in total. The van der Waals surface area contributed by atoms with Crippen molar-refractivity contribution in [3.8, 4) is 0 Å². The van der Waals surface area contributed by atoms with Gasteiger partial charge in [-0.3, -0.25) is 0 Å². The largest absolute Gasteiger partial charge is 0.326 e. The lowest BCUT2D eigenvalue weighted by atomic mass is 10.1. The Bertz CT molecular complexity index is 315. The summed E-state index contributed by atoms with van der Waals surface area (Å²) in [6.07, 6.45) is 0. The first-order valence-electron chi connectivity index (χ1n) is 3.28. The van der Waals surface area contributed by atoms with E-state index in [1.807, 2.05) is 0 Å². The lowest BCUT2D eigenvalue weighted by Crippen LogP contribution is -2.04. The molecule has 0 aromatic carbocycles. The summed E-state index contributed by atoms with van der Waals surface area (Å²) in [7, 11) is 0. The van der Waals surface area contributed by atoms with Crippen molar-refractivity contribution in [1.29, 1.82) is 0 Å². The van der Waals surface area contributed by atoms with Gasteiger partial charge in [0.15, 0.2) is 11.0 Å². The average Bonchev–Trinajstić information content (AvgIpc) is 2.01. The van der Waals surface area contributed by atoms with Gasteiger partial charge in [0.2, 0.25) is 0 Å². The molecule has 5 heteroatoms. The zero-order valence-corrected chi connectivity index (χ0v) is 7.88. The van der Waals surface area contributed by atoms with Gasteiger partial charge in [0.05, 0.1) is 0 Å². The molecule has 0 spiro atoms. The summed E-state index contributed by atoms with van der Waals surface area (Å²) >= 11 is 11.1. The number of nitrogens with zero attached hydrogens (tertiary/aromatic N) is 1. The first-order chi connectivity index (χ1) is 5.57. The van der Waals surface area contributed by atoms with Crippen molar-refractivity contribution in [3.05, 3.63) is 27.3 Å². The van der Waals surface area contributed by atoms with Crippen LogP contribution in [0.3, 0.4) is 0 Å². The molecule has 0 atom stereocenters. The van der Waals surface area contributed by atoms with Crippen LogP contribution >= 0.6 is 23.2 Å². The third-order valence-electron chi connectivity index (χ3n) is 1.61. The van der Waals surface area contributed by atoms with Gasteiger partial charge in [-0.2, -0.15) is 0 Å². The number of aromatic nitrogens is 1. The molecule has 0 radical (unpaired) electrons. The number of pyridine rings is 1. The Balaban J connectivity index is 3.40. The molecule has 1 heterocycles. The minimum absolute atomic E-state index is 0.158. The molecule has 1 aromatic heterocycles. The minimum Gasteiger partial charge on any atom is -0.326 e. The van der Waals surface area contributed by atoms with Crippen LogP contribution in [-0.2, 0) is 6.54 Å². The second-order valence-electron chi connectivity index (χ2n) is 2.32. The highest BCUT2D eigenvalue weighted by Gasteiger charge is 2.12. The fourth-order valence-corrected chi connectivity index (χ4v) is 1.45. The van der Waals surface area contributed by atoms with E-state index in [2.05, 4.69) is 4.98 Å². The van der Waals surface area contributed by atoms with Crippen LogP contribution in [0.1, 0.15) is 11.1 Å². The first-order valence-corrected chi connectivity index (χ1v) is 4.03. The summed E-state index contributed by atoms with van der Waals surface area (Å²) in [4.78, 5) is 3.58. The molecule has 0 aliphatic carbocycles. The van der Waals surface area contributed by atoms with Gasteiger partial charge in [-0.15, -0.1) is 0 Å². The predicted octanol–water partition coefficient (Wildman–Crippen LogP) is 2.29. The zero-order chi connectivity index (χ0) is 9.30. The van der Waals surface area contributed by atoms with Gasteiger partial charge in [0.1, 0.15) is 5.15 Å². The molecule has 1 rings (SSSR count). The van der Waals surface area contributed by atoms with E-state index < -0.39 is 5.82 Å². The Labute approximate surface area is 79.5 Å². The number of rotatable bonds is 1. The molecule has 66 valence electrons. The van der Waals surface area contributed by atoms with Crippen molar-refractivity contribution >= 4 is 23.2 Å². The summed E-state index contributed by atoms with van der Waals surface area (Å²) in [5, 5.41) is -0.0453. The fraction of sp³-hybridized carbons (Fsp3) is 0.286. The van der Waals surface area contributed by atoms with Crippen LogP contribution in [0, 0.1) is 12.7 Å². The van der Waals surface area contributed by atoms with E-state index in [1.165, 1.54) is 0 Å². The van der Waals surface area contributed by atoms with Crippen molar-refractivity contribution < 1.29 is 4.39 Å². The van der Waals surface area contributed by atoms with Crippen LogP contribution in [0.5, 0.6) is 0 Å². The summed E-state index contributed by atoms with van der Waals surface area (Å²) in [5.41, 5.74) is 6.20. The summed E-state index contributed by atoms with van der Waals surface area (Å²) in [6, 6.07) is 0. The van der Waals surface area contributed by atoms with E-state index in [0.717, 1.165) is 0 Å². The van der Waals surface area contributed by atoms with Crippen LogP contribution < -0.4 is 5.73 Å². The van der Waals surface area contributed by atoms with E-state index in [1.54, 1.807) is 6.92 Å². The first kappa shape index (κ1) is 9.71. The molecule has 1 aromatic rings. The van der Waals surface area contributed by atoms with Crippen LogP contribution in [0.15, 0.2) is 0 Å². The SMILES string of the molecule is Cc1c(F)c(Cl)nc(Cl)c1CN. The van der Waals surface area contributed by atoms with E-state index in [0.29, 0.717) is 11.1 Å². The lowest BCUT2D eigenvalue weighted by Gasteiger charge is -2.06. The van der Waals surface area contributed by atoms with Crippen molar-refractivity contribution in [2.24, 2.45) is 5.73 Å². The monoisotopic (exact) mass is 208 g/mol. The predicted molar refractivity (Wildman–Crippen MR) is 46.8 cm³/mol. The molecule has 0 aliphatic heterocycles. The molecule has 2 nitrogen and oxygen atoms in total. The molecule has 12 heavy (non-hydrogen) atoms. The molecule has 0 bridgehead atoms. The van der Waals surface area contributed by atoms with Gasteiger partial charge in [-0.05, 0) is 12.5 Å². The number of nitrogens with two attached hydrogens (primary N) is 1. The van der Waals surface area contributed by atoms with Gasteiger partial charge in [-0.1, -0.05) is 23.2 Å². The highest BCUT2D eigenvalue weighted by molar-refractivity contribution is 6.33. The normalized spacial score (nSPS) is 10.4. The Morgan fingerprint density at radius 1 is 1.42 bits per heavy atom. The zero-order valence-electron chi connectivity index (χ0n) is 6.37. The number of halogens is 3. The van der Waals surface area contributed by atoms with E-state index in [9.17, 15) is 4.39 Å². The van der Waals surface area contributed by atoms with Crippen LogP contribution in [0.4, 0.5) is 4.39 Å². The molecule has 0 fully saturated rings. The Kier molecular flexibility index (Phi) is 2.88. The maximum atomic E-state index is 13.0. The third kappa shape index (κ3) is 1.53. The molecule has 0 saturated heterocycles. The van der Waals surface area contributed by atoms with E-state index in [4.69, 9.17) is 28.9 Å². The third-order valence-corrected chi connectivity index (χ3v) is 2.18. The molecular weight excluding hydrogens is 202 g/mol. The van der Waals surface area contributed by atoms with Gasteiger partial charge in [-0.25, -0.2) is 9.37 Å². The molecule has 0 aliphatic rings. The highest BCUT2D eigenvalue weighted by atomic mass is 35.5. The highest BCUT2D eigenvalue weighted by Crippen LogP contribution is 2.24. The van der Waals surface area contributed by atoms with Crippen molar-refractivity contribution in [1.82, 2.24) is 4.98 Å². The van der Waals surface area contributed by atoms with Crippen LogP contribution in [0.25, 0.3) is 0 Å². The average molecular weight is 209 g/mol. The van der Waals surface area contributed by atoms with Crippen molar-refractivity contribution in [3.63, 3.8) is 0 Å². The van der Waals surface area contributed by atoms with Crippen molar-refractivity contribution in [2.75, 3.05) is 0 Å². The molecular formula is C7H7Cl2FN2. The minimum atomic E-state index is -0.554. The van der Waals surface area contributed by atoms with Crippen LogP contribution in [-0.4, -0.2) is 4.98 Å². The topological polar surface area (TPSA) is 38.9 Å². The van der Waals surface area contributed by atoms with Crippen molar-refractivity contribution in [2.45, 2.75) is 13.5 Å². The molecule has 0 saturated carbocycles. The maximum Gasteiger partial charge on any atom is 0.166 e. The van der Waals surface area contributed by atoms with Gasteiger partial charge in [0, 0.05) is 12.1 Å². The summed E-state index contributed by atoms with van der Waals surface area (Å²) in [5.74, 6) is -0.554.